The first-order chi connectivity index (χ1) is 15.0. The molecule has 1 N–H and O–H groups in total. The smallest absolute Gasteiger partial charge is 0.243 e. The number of benzene rings is 2. The first-order valence-corrected chi connectivity index (χ1v) is 12.2. The highest BCUT2D eigenvalue weighted by molar-refractivity contribution is 7.89. The third-order valence-electron chi connectivity index (χ3n) is 5.06. The topological polar surface area (TPSA) is 86.8 Å². The Labute approximate surface area is 199 Å². The standard InChI is InChI=1S/C22H27Cl2N3O4S/c1-5-20(22(29)25-3)27(13-16-8-11-18(23)19(24)12-16)21(28)14-26(4)32(30,31)17-9-6-15(2)7-10-17/h6-12,20H,5,13-14H2,1-4H3,(H,25,29)/t20-/m1/s1. The Balaban J connectivity index is 2.32. The molecule has 0 unspecified atom stereocenters. The van der Waals surface area contributed by atoms with Gasteiger partial charge in [-0.25, -0.2) is 8.42 Å². The SMILES string of the molecule is CC[C@H](C(=O)NC)N(Cc1ccc(Cl)c(Cl)c1)C(=O)CN(C)S(=O)(=O)c1ccc(C)cc1. The second-order valence-corrected chi connectivity index (χ2v) is 10.2. The maximum Gasteiger partial charge on any atom is 0.243 e. The summed E-state index contributed by atoms with van der Waals surface area (Å²) in [4.78, 5) is 27.1. The number of hydrogen-bond donors (Lipinski definition) is 1. The fourth-order valence-electron chi connectivity index (χ4n) is 3.18. The minimum atomic E-state index is -3.88. The van der Waals surface area contributed by atoms with E-state index < -0.39 is 28.5 Å². The van der Waals surface area contributed by atoms with E-state index in [-0.39, 0.29) is 17.3 Å². The fraction of sp³-hybridized carbons (Fsp3) is 0.364. The predicted octanol–water partition coefficient (Wildman–Crippen LogP) is 3.48. The highest BCUT2D eigenvalue weighted by Gasteiger charge is 2.31. The summed E-state index contributed by atoms with van der Waals surface area (Å²) in [5.74, 6) is -0.852. The summed E-state index contributed by atoms with van der Waals surface area (Å²) < 4.78 is 26.8. The molecule has 0 saturated carbocycles. The van der Waals surface area contributed by atoms with Crippen LogP contribution >= 0.6 is 23.2 Å². The van der Waals surface area contributed by atoms with Crippen LogP contribution in [-0.4, -0.2) is 56.1 Å². The van der Waals surface area contributed by atoms with Gasteiger partial charge in [0, 0.05) is 20.6 Å². The number of carbonyl (C=O) groups is 2. The molecule has 1 atom stereocenters. The molecule has 2 rings (SSSR count). The van der Waals surface area contributed by atoms with Crippen molar-refractivity contribution in [3.63, 3.8) is 0 Å². The lowest BCUT2D eigenvalue weighted by molar-refractivity contribution is -0.141. The molecule has 10 heteroatoms. The number of likely N-dealkylation sites (N-methyl/N-ethyl adjacent to an activating group) is 2. The molecule has 0 bridgehead atoms. The van der Waals surface area contributed by atoms with E-state index in [0.29, 0.717) is 22.0 Å². The lowest BCUT2D eigenvalue weighted by atomic mass is 10.1. The molecule has 174 valence electrons. The van der Waals surface area contributed by atoms with Crippen molar-refractivity contribution in [3.8, 4) is 0 Å². The number of halogens is 2. The zero-order chi connectivity index (χ0) is 24.1. The van der Waals surface area contributed by atoms with Gasteiger partial charge in [0.05, 0.1) is 21.5 Å². The summed E-state index contributed by atoms with van der Waals surface area (Å²) in [5.41, 5.74) is 1.59. The van der Waals surface area contributed by atoms with Gasteiger partial charge in [0.2, 0.25) is 21.8 Å². The van der Waals surface area contributed by atoms with Gasteiger partial charge in [-0.05, 0) is 43.2 Å². The van der Waals surface area contributed by atoms with E-state index in [4.69, 9.17) is 23.2 Å². The number of amides is 2. The maximum atomic E-state index is 13.2. The van der Waals surface area contributed by atoms with Crippen molar-refractivity contribution in [3.05, 3.63) is 63.6 Å². The van der Waals surface area contributed by atoms with E-state index in [0.717, 1.165) is 9.87 Å². The highest BCUT2D eigenvalue weighted by Crippen LogP contribution is 2.24. The second kappa shape index (κ2) is 11.1. The molecule has 0 aliphatic heterocycles. The van der Waals surface area contributed by atoms with Crippen LogP contribution in [0.1, 0.15) is 24.5 Å². The molecular formula is C22H27Cl2N3O4S. The zero-order valence-corrected chi connectivity index (χ0v) is 20.8. The largest absolute Gasteiger partial charge is 0.357 e. The summed E-state index contributed by atoms with van der Waals surface area (Å²) in [6.45, 7) is 3.28. The maximum absolute atomic E-state index is 13.2. The van der Waals surface area contributed by atoms with Gasteiger partial charge in [-0.3, -0.25) is 9.59 Å². The quantitative estimate of drug-likeness (QED) is 0.571. The van der Waals surface area contributed by atoms with E-state index in [9.17, 15) is 18.0 Å². The molecule has 0 aliphatic carbocycles. The fourth-order valence-corrected chi connectivity index (χ4v) is 4.62. The average Bonchev–Trinajstić information content (AvgIpc) is 2.75. The van der Waals surface area contributed by atoms with Gasteiger partial charge in [-0.2, -0.15) is 4.31 Å². The van der Waals surface area contributed by atoms with Crippen molar-refractivity contribution < 1.29 is 18.0 Å². The summed E-state index contributed by atoms with van der Waals surface area (Å²) in [6, 6.07) is 10.5. The molecule has 0 radical (unpaired) electrons. The molecule has 0 saturated heterocycles. The van der Waals surface area contributed by atoms with Crippen LogP contribution in [0, 0.1) is 6.92 Å². The number of sulfonamides is 1. The van der Waals surface area contributed by atoms with Crippen LogP contribution in [-0.2, 0) is 26.2 Å². The summed E-state index contributed by atoms with van der Waals surface area (Å²) in [7, 11) is -1.06. The molecule has 0 spiro atoms. The number of nitrogens with one attached hydrogen (secondary N) is 1. The van der Waals surface area contributed by atoms with Crippen molar-refractivity contribution in [1.29, 1.82) is 0 Å². The monoisotopic (exact) mass is 499 g/mol. The normalized spacial score (nSPS) is 12.5. The molecule has 32 heavy (non-hydrogen) atoms. The lowest BCUT2D eigenvalue weighted by Crippen LogP contribution is -2.51. The number of aryl methyl sites for hydroxylation is 1. The van der Waals surface area contributed by atoms with Gasteiger partial charge < -0.3 is 10.2 Å². The van der Waals surface area contributed by atoms with Crippen molar-refractivity contribution in [1.82, 2.24) is 14.5 Å². The Kier molecular flexibility index (Phi) is 9.09. The Bertz CT molecular complexity index is 1080. The average molecular weight is 500 g/mol. The van der Waals surface area contributed by atoms with Gasteiger partial charge in [0.1, 0.15) is 6.04 Å². The number of rotatable bonds is 9. The van der Waals surface area contributed by atoms with Crippen LogP contribution in [0.3, 0.4) is 0 Å². The number of carbonyl (C=O) groups excluding carboxylic acids is 2. The van der Waals surface area contributed by atoms with Gasteiger partial charge >= 0.3 is 0 Å². The minimum Gasteiger partial charge on any atom is -0.357 e. The van der Waals surface area contributed by atoms with Crippen molar-refractivity contribution in [2.45, 2.75) is 37.8 Å². The van der Waals surface area contributed by atoms with Gasteiger partial charge in [0.15, 0.2) is 0 Å². The van der Waals surface area contributed by atoms with E-state index in [1.807, 2.05) is 6.92 Å². The Hall–Kier alpha value is -2.13. The minimum absolute atomic E-state index is 0.0695. The number of hydrogen-bond acceptors (Lipinski definition) is 4. The Morgan fingerprint density at radius 2 is 1.69 bits per heavy atom. The zero-order valence-electron chi connectivity index (χ0n) is 18.4. The van der Waals surface area contributed by atoms with Crippen LogP contribution in [0.2, 0.25) is 10.0 Å². The third-order valence-corrected chi connectivity index (χ3v) is 7.61. The summed E-state index contributed by atoms with van der Waals surface area (Å²) >= 11 is 12.1. The van der Waals surface area contributed by atoms with Crippen LogP contribution in [0.15, 0.2) is 47.4 Å². The second-order valence-electron chi connectivity index (χ2n) is 7.38. The van der Waals surface area contributed by atoms with Crippen LogP contribution < -0.4 is 5.32 Å². The van der Waals surface area contributed by atoms with Crippen LogP contribution in [0.4, 0.5) is 0 Å². The first kappa shape index (κ1) is 26.1. The molecule has 2 amide bonds. The third kappa shape index (κ3) is 6.22. The number of nitrogens with zero attached hydrogens (tertiary/aromatic N) is 2. The van der Waals surface area contributed by atoms with Crippen LogP contribution in [0.25, 0.3) is 0 Å². The van der Waals surface area contributed by atoms with E-state index in [1.54, 1.807) is 37.3 Å². The Morgan fingerprint density at radius 1 is 1.06 bits per heavy atom. The first-order valence-electron chi connectivity index (χ1n) is 9.99. The van der Waals surface area contributed by atoms with Crippen molar-refractivity contribution in [2.75, 3.05) is 20.6 Å². The van der Waals surface area contributed by atoms with Crippen molar-refractivity contribution in [2.24, 2.45) is 0 Å². The van der Waals surface area contributed by atoms with Crippen LogP contribution in [0.5, 0.6) is 0 Å². The van der Waals surface area contributed by atoms with Gasteiger partial charge in [-0.15, -0.1) is 0 Å². The van der Waals surface area contributed by atoms with E-state index >= 15 is 0 Å². The molecule has 0 heterocycles. The predicted molar refractivity (Wildman–Crippen MR) is 126 cm³/mol. The summed E-state index contributed by atoms with van der Waals surface area (Å²) in [5, 5.41) is 3.25. The summed E-state index contributed by atoms with van der Waals surface area (Å²) in [6.07, 6.45) is 0.348. The molecule has 2 aromatic rings. The highest BCUT2D eigenvalue weighted by atomic mass is 35.5. The molecule has 7 nitrogen and oxygen atoms in total. The molecule has 2 aromatic carbocycles. The lowest BCUT2D eigenvalue weighted by Gasteiger charge is -2.31. The molecular weight excluding hydrogens is 473 g/mol. The molecule has 0 aliphatic rings. The van der Waals surface area contributed by atoms with Gasteiger partial charge in [0.25, 0.3) is 0 Å². The van der Waals surface area contributed by atoms with Crippen molar-refractivity contribution >= 4 is 45.0 Å². The van der Waals surface area contributed by atoms with E-state index in [2.05, 4.69) is 5.32 Å². The van der Waals surface area contributed by atoms with E-state index in [1.165, 1.54) is 31.1 Å². The molecule has 0 fully saturated rings. The van der Waals surface area contributed by atoms with Gasteiger partial charge in [-0.1, -0.05) is 53.9 Å². The molecule has 0 aromatic heterocycles. The Morgan fingerprint density at radius 3 is 2.22 bits per heavy atom.